The summed E-state index contributed by atoms with van der Waals surface area (Å²) in [5.41, 5.74) is 8.11. The fraction of sp³-hybridized carbons (Fsp3) is 0.667. The number of hydrogen-bond donors (Lipinski definition) is 1. The van der Waals surface area contributed by atoms with Crippen molar-refractivity contribution in [3.05, 3.63) is 40.8 Å². The first kappa shape index (κ1) is 21.4. The number of thioether (sulfide) groups is 1. The van der Waals surface area contributed by atoms with Gasteiger partial charge in [-0.15, -0.1) is 0 Å². The van der Waals surface area contributed by atoms with Gasteiger partial charge in [0.1, 0.15) is 23.7 Å². The number of hydrogen-bond acceptors (Lipinski definition) is 8. The predicted octanol–water partition coefficient (Wildman–Crippen LogP) is 2.68. The number of nitrogens with zero attached hydrogens (tertiary/aromatic N) is 3. The molecule has 1 aromatic carbocycles. The standard InChI is InChI=1S/C18H25N3O6S/c1-17(23-3)18(2,24-4)27-15-13(22)16(28-11-8-6-5-7-9-11)25-12(10-20-21-19)14(15)26-17/h5-9,12-16,22H,10H2,1-4H3/t12-,13-,14-,15-,16-,17+,18+/m1/s1. The molecule has 2 aliphatic rings. The lowest BCUT2D eigenvalue weighted by Crippen LogP contribution is -2.72. The molecule has 2 aliphatic heterocycles. The third-order valence-electron chi connectivity index (χ3n) is 5.26. The minimum atomic E-state index is -1.26. The molecule has 1 aromatic rings. The molecule has 0 aromatic heterocycles. The zero-order valence-corrected chi connectivity index (χ0v) is 17.0. The van der Waals surface area contributed by atoms with Crippen LogP contribution in [0.5, 0.6) is 0 Å². The average molecular weight is 411 g/mol. The molecule has 0 bridgehead atoms. The predicted molar refractivity (Wildman–Crippen MR) is 102 cm³/mol. The van der Waals surface area contributed by atoms with Crippen molar-refractivity contribution in [3.63, 3.8) is 0 Å². The lowest BCUT2D eigenvalue weighted by Gasteiger charge is -2.56. The second kappa shape index (κ2) is 8.56. The van der Waals surface area contributed by atoms with Gasteiger partial charge in [0.15, 0.2) is 0 Å². The van der Waals surface area contributed by atoms with Crippen LogP contribution >= 0.6 is 11.8 Å². The van der Waals surface area contributed by atoms with Crippen LogP contribution in [0.4, 0.5) is 0 Å². The van der Waals surface area contributed by atoms with E-state index in [1.54, 1.807) is 13.8 Å². The normalized spacial score (nSPS) is 40.4. The van der Waals surface area contributed by atoms with Gasteiger partial charge < -0.3 is 28.8 Å². The van der Waals surface area contributed by atoms with E-state index in [1.807, 2.05) is 30.3 Å². The van der Waals surface area contributed by atoms with Crippen LogP contribution in [-0.2, 0) is 23.7 Å². The van der Waals surface area contributed by atoms with Gasteiger partial charge in [-0.3, -0.25) is 0 Å². The molecule has 0 amide bonds. The number of fused-ring (bicyclic) bond motifs is 1. The van der Waals surface area contributed by atoms with Crippen LogP contribution < -0.4 is 0 Å². The molecular weight excluding hydrogens is 386 g/mol. The van der Waals surface area contributed by atoms with Crippen LogP contribution in [0.3, 0.4) is 0 Å². The molecule has 2 heterocycles. The van der Waals surface area contributed by atoms with E-state index in [9.17, 15) is 5.11 Å². The number of azide groups is 1. The van der Waals surface area contributed by atoms with Gasteiger partial charge in [-0.1, -0.05) is 35.1 Å². The van der Waals surface area contributed by atoms with E-state index in [0.717, 1.165) is 4.90 Å². The second-order valence-corrected chi connectivity index (χ2v) is 8.01. The Bertz CT molecular complexity index is 721. The van der Waals surface area contributed by atoms with Crippen LogP contribution in [0, 0.1) is 0 Å². The van der Waals surface area contributed by atoms with Crippen LogP contribution in [-0.4, -0.2) is 67.3 Å². The first-order chi connectivity index (χ1) is 13.4. The van der Waals surface area contributed by atoms with E-state index < -0.39 is 41.4 Å². The zero-order valence-electron chi connectivity index (χ0n) is 16.2. The molecule has 2 saturated heterocycles. The van der Waals surface area contributed by atoms with Gasteiger partial charge in [0.05, 0.1) is 12.6 Å². The molecule has 10 heteroatoms. The molecule has 0 saturated carbocycles. The van der Waals surface area contributed by atoms with Crippen molar-refractivity contribution < 1.29 is 28.8 Å². The molecule has 3 rings (SSSR count). The Morgan fingerprint density at radius 1 is 1.14 bits per heavy atom. The summed E-state index contributed by atoms with van der Waals surface area (Å²) in [7, 11) is 2.97. The molecular formula is C18H25N3O6S. The molecule has 0 aliphatic carbocycles. The van der Waals surface area contributed by atoms with E-state index in [0.29, 0.717) is 0 Å². The average Bonchev–Trinajstić information content (AvgIpc) is 2.71. The maximum Gasteiger partial charge on any atom is 0.220 e. The lowest BCUT2D eigenvalue weighted by molar-refractivity contribution is -0.468. The minimum Gasteiger partial charge on any atom is -0.387 e. The Hall–Kier alpha value is -1.36. The van der Waals surface area contributed by atoms with Crippen LogP contribution in [0.15, 0.2) is 40.3 Å². The number of aliphatic hydroxyl groups is 1. The summed E-state index contributed by atoms with van der Waals surface area (Å²) >= 11 is 1.36. The quantitative estimate of drug-likeness (QED) is 0.435. The highest BCUT2D eigenvalue weighted by Crippen LogP contribution is 2.45. The Morgan fingerprint density at radius 2 is 1.75 bits per heavy atom. The summed E-state index contributed by atoms with van der Waals surface area (Å²) in [6.07, 6.45) is -3.10. The molecule has 154 valence electrons. The minimum absolute atomic E-state index is 0.0308. The Labute approximate surface area is 167 Å². The first-order valence-corrected chi connectivity index (χ1v) is 9.77. The third-order valence-corrected chi connectivity index (χ3v) is 6.43. The summed E-state index contributed by atoms with van der Waals surface area (Å²) in [5.74, 6) is -2.51. The molecule has 9 nitrogen and oxygen atoms in total. The maximum atomic E-state index is 11.0. The van der Waals surface area contributed by atoms with Crippen LogP contribution in [0.1, 0.15) is 13.8 Å². The largest absolute Gasteiger partial charge is 0.387 e. The number of methoxy groups -OCH3 is 2. The smallest absolute Gasteiger partial charge is 0.220 e. The van der Waals surface area contributed by atoms with Gasteiger partial charge in [-0.25, -0.2) is 0 Å². The SMILES string of the molecule is CO[C@@]1(C)O[C@@H]2[C@@H](O)[C@@H](Sc3ccccc3)O[C@H](CN=[N+]=[N-])[C@H]2O[C@]1(C)OC. The van der Waals surface area contributed by atoms with Crippen molar-refractivity contribution >= 4 is 11.8 Å². The third kappa shape index (κ3) is 3.87. The summed E-state index contributed by atoms with van der Waals surface area (Å²) < 4.78 is 29.5. The number of aliphatic hydroxyl groups excluding tert-OH is 1. The van der Waals surface area contributed by atoms with E-state index in [1.165, 1.54) is 26.0 Å². The number of rotatable bonds is 6. The van der Waals surface area contributed by atoms with Gasteiger partial charge in [-0.05, 0) is 31.5 Å². The topological polar surface area (TPSA) is 115 Å². The number of benzene rings is 1. The van der Waals surface area contributed by atoms with Gasteiger partial charge in [0.2, 0.25) is 11.6 Å². The fourth-order valence-corrected chi connectivity index (χ4v) is 4.44. The highest BCUT2D eigenvalue weighted by atomic mass is 32.2. The van der Waals surface area contributed by atoms with Gasteiger partial charge >= 0.3 is 0 Å². The van der Waals surface area contributed by atoms with Gasteiger partial charge in [-0.2, -0.15) is 0 Å². The molecule has 0 unspecified atom stereocenters. The van der Waals surface area contributed by atoms with Crippen LogP contribution in [0.2, 0.25) is 0 Å². The highest BCUT2D eigenvalue weighted by molar-refractivity contribution is 7.99. The summed E-state index contributed by atoms with van der Waals surface area (Å²) in [5, 5.41) is 14.6. The van der Waals surface area contributed by atoms with E-state index in [2.05, 4.69) is 10.0 Å². The van der Waals surface area contributed by atoms with E-state index >= 15 is 0 Å². The van der Waals surface area contributed by atoms with Crippen molar-refractivity contribution in [3.8, 4) is 0 Å². The highest BCUT2D eigenvalue weighted by Gasteiger charge is 2.62. The summed E-state index contributed by atoms with van der Waals surface area (Å²) in [4.78, 5) is 3.75. The fourth-order valence-electron chi connectivity index (χ4n) is 3.37. The Kier molecular flexibility index (Phi) is 6.53. The van der Waals surface area contributed by atoms with Crippen molar-refractivity contribution in [2.75, 3.05) is 20.8 Å². The monoisotopic (exact) mass is 411 g/mol. The first-order valence-electron chi connectivity index (χ1n) is 8.89. The molecule has 2 fully saturated rings. The second-order valence-electron chi connectivity index (χ2n) is 6.84. The Balaban J connectivity index is 1.90. The summed E-state index contributed by atoms with van der Waals surface area (Å²) in [6, 6.07) is 9.58. The number of ether oxygens (including phenoxy) is 5. The zero-order chi connectivity index (χ0) is 20.4. The molecule has 7 atom stereocenters. The van der Waals surface area contributed by atoms with Crippen LogP contribution in [0.25, 0.3) is 10.4 Å². The summed E-state index contributed by atoms with van der Waals surface area (Å²) in [6.45, 7) is 3.41. The maximum absolute atomic E-state index is 11.0. The molecule has 0 radical (unpaired) electrons. The van der Waals surface area contributed by atoms with Crippen molar-refractivity contribution in [1.82, 2.24) is 0 Å². The van der Waals surface area contributed by atoms with Gasteiger partial charge in [0.25, 0.3) is 0 Å². The molecule has 28 heavy (non-hydrogen) atoms. The van der Waals surface area contributed by atoms with E-state index in [-0.39, 0.29) is 6.54 Å². The Morgan fingerprint density at radius 3 is 2.32 bits per heavy atom. The van der Waals surface area contributed by atoms with Crippen molar-refractivity contribution in [1.29, 1.82) is 0 Å². The van der Waals surface area contributed by atoms with Gasteiger partial charge in [0, 0.05) is 24.0 Å². The molecule has 0 spiro atoms. The van der Waals surface area contributed by atoms with Crippen molar-refractivity contribution in [2.45, 2.75) is 60.2 Å². The molecule has 1 N–H and O–H groups in total. The van der Waals surface area contributed by atoms with E-state index in [4.69, 9.17) is 29.2 Å². The lowest BCUT2D eigenvalue weighted by atomic mass is 9.94. The van der Waals surface area contributed by atoms with Crippen molar-refractivity contribution in [2.24, 2.45) is 5.11 Å².